The van der Waals surface area contributed by atoms with E-state index >= 15 is 0 Å². The minimum atomic E-state index is -0.104. The van der Waals surface area contributed by atoms with Gasteiger partial charge in [0.05, 0.1) is 0 Å². The third kappa shape index (κ3) is 3.63. The van der Waals surface area contributed by atoms with E-state index in [9.17, 15) is 4.79 Å². The van der Waals surface area contributed by atoms with Gasteiger partial charge < -0.3 is 10.2 Å². The minimum Gasteiger partial charge on any atom is -0.356 e. The van der Waals surface area contributed by atoms with E-state index in [0.29, 0.717) is 5.69 Å². The highest BCUT2D eigenvalue weighted by Gasteiger charge is 2.23. The van der Waals surface area contributed by atoms with Crippen molar-refractivity contribution in [3.63, 3.8) is 0 Å². The lowest BCUT2D eigenvalue weighted by Crippen LogP contribution is -2.45. The zero-order valence-corrected chi connectivity index (χ0v) is 15.9. The zero-order valence-electron chi connectivity index (χ0n) is 15.9. The van der Waals surface area contributed by atoms with Crippen molar-refractivity contribution in [1.82, 2.24) is 25.1 Å². The minimum absolute atomic E-state index is 0.104. The first kappa shape index (κ1) is 17.5. The number of amides is 1. The fourth-order valence-electron chi connectivity index (χ4n) is 3.65. The topological polar surface area (TPSA) is 75.9 Å². The molecule has 1 amide bonds. The molecular formula is C20H24N6O. The number of hydrogen-bond acceptors (Lipinski definition) is 5. The molecule has 0 unspecified atom stereocenters. The summed E-state index contributed by atoms with van der Waals surface area (Å²) in [5, 5.41) is 8.35. The maximum absolute atomic E-state index is 12.3. The highest BCUT2D eigenvalue weighted by Crippen LogP contribution is 2.23. The Morgan fingerprint density at radius 2 is 1.93 bits per heavy atom. The summed E-state index contributed by atoms with van der Waals surface area (Å²) in [4.78, 5) is 23.9. The summed E-state index contributed by atoms with van der Waals surface area (Å²) in [5.74, 6) is 0.850. The summed E-state index contributed by atoms with van der Waals surface area (Å²) in [6.07, 6.45) is 3.55. The molecular weight excluding hydrogens is 340 g/mol. The Balaban J connectivity index is 1.41. The van der Waals surface area contributed by atoms with Gasteiger partial charge in [0, 0.05) is 43.5 Å². The van der Waals surface area contributed by atoms with Crippen LogP contribution in [0.25, 0.3) is 11.0 Å². The van der Waals surface area contributed by atoms with Crippen LogP contribution in [0.4, 0.5) is 5.82 Å². The number of piperidine rings is 1. The maximum atomic E-state index is 12.3. The summed E-state index contributed by atoms with van der Waals surface area (Å²) < 4.78 is 1.64. The molecule has 3 aromatic heterocycles. The molecule has 4 rings (SSSR count). The van der Waals surface area contributed by atoms with Crippen molar-refractivity contribution >= 4 is 22.8 Å². The van der Waals surface area contributed by atoms with Gasteiger partial charge in [0.1, 0.15) is 11.5 Å². The first-order chi connectivity index (χ1) is 13.0. The van der Waals surface area contributed by atoms with Crippen LogP contribution in [0.3, 0.4) is 0 Å². The van der Waals surface area contributed by atoms with Gasteiger partial charge in [-0.2, -0.15) is 5.10 Å². The number of nitrogens with one attached hydrogen (secondary N) is 1. The van der Waals surface area contributed by atoms with Gasteiger partial charge in [-0.3, -0.25) is 9.48 Å². The molecule has 7 nitrogen and oxygen atoms in total. The molecule has 0 spiro atoms. The van der Waals surface area contributed by atoms with Gasteiger partial charge in [-0.25, -0.2) is 9.97 Å². The number of rotatable bonds is 3. The van der Waals surface area contributed by atoms with E-state index in [4.69, 9.17) is 4.98 Å². The molecule has 0 radical (unpaired) electrons. The van der Waals surface area contributed by atoms with Crippen molar-refractivity contribution in [2.24, 2.45) is 7.05 Å². The van der Waals surface area contributed by atoms with E-state index in [0.717, 1.165) is 48.5 Å². The average molecular weight is 364 g/mol. The number of carbonyl (C=O) groups is 1. The van der Waals surface area contributed by atoms with E-state index < -0.39 is 0 Å². The van der Waals surface area contributed by atoms with Crippen LogP contribution < -0.4 is 10.2 Å². The molecule has 4 heterocycles. The second-order valence-electron chi connectivity index (χ2n) is 7.23. The zero-order chi connectivity index (χ0) is 19.0. The fourth-order valence-corrected chi connectivity index (χ4v) is 3.65. The van der Waals surface area contributed by atoms with E-state index in [1.807, 2.05) is 14.0 Å². The van der Waals surface area contributed by atoms with E-state index in [-0.39, 0.29) is 11.9 Å². The largest absolute Gasteiger partial charge is 0.356 e. The monoisotopic (exact) mass is 364 g/mol. The summed E-state index contributed by atoms with van der Waals surface area (Å²) in [5.41, 5.74) is 3.46. The first-order valence-electron chi connectivity index (χ1n) is 9.30. The summed E-state index contributed by atoms with van der Waals surface area (Å²) >= 11 is 0. The van der Waals surface area contributed by atoms with Crippen LogP contribution >= 0.6 is 0 Å². The molecule has 140 valence electrons. The van der Waals surface area contributed by atoms with Crippen molar-refractivity contribution in [2.45, 2.75) is 32.7 Å². The van der Waals surface area contributed by atoms with Crippen LogP contribution in [0.15, 0.2) is 30.5 Å². The molecule has 1 saturated heterocycles. The second kappa shape index (κ2) is 6.98. The van der Waals surface area contributed by atoms with Gasteiger partial charge >= 0.3 is 0 Å². The third-order valence-electron chi connectivity index (χ3n) is 5.09. The molecule has 7 heteroatoms. The summed E-state index contributed by atoms with van der Waals surface area (Å²) in [6, 6.07) is 8.16. The molecule has 0 aliphatic carbocycles. The van der Waals surface area contributed by atoms with E-state index in [2.05, 4.69) is 45.4 Å². The van der Waals surface area contributed by atoms with Crippen molar-refractivity contribution in [2.75, 3.05) is 18.0 Å². The second-order valence-corrected chi connectivity index (χ2v) is 7.23. The highest BCUT2D eigenvalue weighted by atomic mass is 16.2. The van der Waals surface area contributed by atoms with Crippen molar-refractivity contribution in [3.8, 4) is 0 Å². The molecule has 0 aromatic carbocycles. The molecule has 1 fully saturated rings. The number of aromatic nitrogens is 4. The normalized spacial score (nSPS) is 15.3. The Morgan fingerprint density at radius 1 is 1.15 bits per heavy atom. The Kier molecular flexibility index (Phi) is 4.51. The molecule has 27 heavy (non-hydrogen) atoms. The SMILES string of the molecule is Cc1cc(C)c2ccc(N3CCC(NC(=O)c4ccn(C)n4)CC3)nc2n1. The molecule has 1 N–H and O–H groups in total. The lowest BCUT2D eigenvalue weighted by Gasteiger charge is -2.33. The Bertz CT molecular complexity index is 987. The number of hydrogen-bond donors (Lipinski definition) is 1. The van der Waals surface area contributed by atoms with Gasteiger partial charge in [0.25, 0.3) is 5.91 Å². The van der Waals surface area contributed by atoms with Crippen LogP contribution in [-0.2, 0) is 7.05 Å². The van der Waals surface area contributed by atoms with Crippen LogP contribution in [0.5, 0.6) is 0 Å². The number of anilines is 1. The van der Waals surface area contributed by atoms with Gasteiger partial charge in [-0.15, -0.1) is 0 Å². The fraction of sp³-hybridized carbons (Fsp3) is 0.400. The predicted octanol–water partition coefficient (Wildman–Crippen LogP) is 2.38. The predicted molar refractivity (Wildman–Crippen MR) is 105 cm³/mol. The smallest absolute Gasteiger partial charge is 0.271 e. The van der Waals surface area contributed by atoms with Crippen molar-refractivity contribution < 1.29 is 4.79 Å². The van der Waals surface area contributed by atoms with Crippen LogP contribution in [0, 0.1) is 13.8 Å². The lowest BCUT2D eigenvalue weighted by molar-refractivity contribution is 0.0925. The van der Waals surface area contributed by atoms with Gasteiger partial charge in [-0.05, 0) is 56.5 Å². The van der Waals surface area contributed by atoms with E-state index in [1.54, 1.807) is 16.9 Å². The van der Waals surface area contributed by atoms with Crippen molar-refractivity contribution in [3.05, 3.63) is 47.4 Å². The number of pyridine rings is 2. The number of carbonyl (C=O) groups excluding carboxylic acids is 1. The highest BCUT2D eigenvalue weighted by molar-refractivity contribution is 5.92. The molecule has 0 bridgehead atoms. The summed E-state index contributed by atoms with van der Waals surface area (Å²) in [6.45, 7) is 5.80. The number of fused-ring (bicyclic) bond motifs is 1. The quantitative estimate of drug-likeness (QED) is 0.772. The third-order valence-corrected chi connectivity index (χ3v) is 5.09. The Labute approximate surface area is 158 Å². The number of aryl methyl sites for hydroxylation is 3. The average Bonchev–Trinajstić information content (AvgIpc) is 3.08. The molecule has 1 aliphatic rings. The van der Waals surface area contributed by atoms with E-state index in [1.165, 1.54) is 5.56 Å². The van der Waals surface area contributed by atoms with Crippen LogP contribution in [-0.4, -0.2) is 44.8 Å². The van der Waals surface area contributed by atoms with Gasteiger partial charge in [0.15, 0.2) is 5.65 Å². The van der Waals surface area contributed by atoms with Gasteiger partial charge in [0.2, 0.25) is 0 Å². The molecule has 0 atom stereocenters. The lowest BCUT2D eigenvalue weighted by atomic mass is 10.0. The molecule has 1 aliphatic heterocycles. The van der Waals surface area contributed by atoms with Crippen LogP contribution in [0.1, 0.15) is 34.6 Å². The van der Waals surface area contributed by atoms with Gasteiger partial charge in [-0.1, -0.05) is 0 Å². The number of nitrogens with zero attached hydrogens (tertiary/aromatic N) is 5. The summed E-state index contributed by atoms with van der Waals surface area (Å²) in [7, 11) is 1.81. The van der Waals surface area contributed by atoms with Crippen LogP contribution in [0.2, 0.25) is 0 Å². The Hall–Kier alpha value is -2.96. The van der Waals surface area contributed by atoms with Crippen molar-refractivity contribution in [1.29, 1.82) is 0 Å². The first-order valence-corrected chi connectivity index (χ1v) is 9.30. The Morgan fingerprint density at radius 3 is 2.63 bits per heavy atom. The maximum Gasteiger partial charge on any atom is 0.271 e. The standard InChI is InChI=1S/C20H24N6O/c1-13-12-14(2)21-19-16(13)4-5-18(23-19)26-10-6-15(7-11-26)22-20(27)17-8-9-25(3)24-17/h4-5,8-9,12,15H,6-7,10-11H2,1-3H3,(H,22,27). The molecule has 0 saturated carbocycles. The molecule has 3 aromatic rings.